The minimum Gasteiger partial charge on any atom is -0.494 e. The van der Waals surface area contributed by atoms with Crippen molar-refractivity contribution in [2.45, 2.75) is 39.2 Å². The summed E-state index contributed by atoms with van der Waals surface area (Å²) >= 11 is 0. The van der Waals surface area contributed by atoms with E-state index in [0.29, 0.717) is 12.2 Å². The molecule has 0 saturated carbocycles. The normalized spacial score (nSPS) is 13.0. The van der Waals surface area contributed by atoms with Crippen molar-refractivity contribution in [3.63, 3.8) is 0 Å². The van der Waals surface area contributed by atoms with Crippen molar-refractivity contribution in [3.8, 4) is 5.75 Å². The minimum absolute atomic E-state index is 0.155. The molecule has 0 fully saturated rings. The molecule has 0 aliphatic carbocycles. The Balaban J connectivity index is 2.36. The lowest BCUT2D eigenvalue weighted by Crippen LogP contribution is -2.27. The van der Waals surface area contributed by atoms with Crippen LogP contribution in [0.2, 0.25) is 0 Å². The molecule has 1 aromatic heterocycles. The Labute approximate surface area is 130 Å². The molecule has 1 atom stereocenters. The van der Waals surface area contributed by atoms with Crippen LogP contribution in [0.15, 0.2) is 35.1 Å². The first-order valence-electron chi connectivity index (χ1n) is 7.41. The highest BCUT2D eigenvalue weighted by molar-refractivity contribution is 5.35. The zero-order chi connectivity index (χ0) is 16.3. The minimum atomic E-state index is -0.497. The molecular formula is C17H23N3O2. The summed E-state index contributed by atoms with van der Waals surface area (Å²) in [6.07, 6.45) is 0. The molecule has 5 heteroatoms. The molecule has 1 heterocycles. The van der Waals surface area contributed by atoms with Gasteiger partial charge in [-0.15, -0.1) is 0 Å². The van der Waals surface area contributed by atoms with E-state index in [0.717, 1.165) is 17.0 Å². The predicted molar refractivity (Wildman–Crippen MR) is 87.2 cm³/mol. The Morgan fingerprint density at radius 3 is 2.45 bits per heavy atom. The molecule has 1 unspecified atom stereocenters. The Hall–Kier alpha value is -2.14. The number of benzene rings is 1. The van der Waals surface area contributed by atoms with Crippen LogP contribution >= 0.6 is 0 Å². The van der Waals surface area contributed by atoms with Crippen LogP contribution in [0.5, 0.6) is 5.75 Å². The molecule has 2 rings (SSSR count). The fourth-order valence-electron chi connectivity index (χ4n) is 2.15. The summed E-state index contributed by atoms with van der Waals surface area (Å²) in [6.45, 7) is 8.67. The number of nitrogens with zero attached hydrogens (tertiary/aromatic N) is 1. The first kappa shape index (κ1) is 16.2. The highest BCUT2D eigenvalue weighted by Gasteiger charge is 2.20. The summed E-state index contributed by atoms with van der Waals surface area (Å²) in [5, 5.41) is 6.66. The van der Waals surface area contributed by atoms with Gasteiger partial charge < -0.3 is 10.5 Å². The molecule has 5 nitrogen and oxygen atoms in total. The summed E-state index contributed by atoms with van der Waals surface area (Å²) in [5.74, 6) is 0.789. The van der Waals surface area contributed by atoms with Crippen molar-refractivity contribution in [2.75, 3.05) is 6.61 Å². The second kappa shape index (κ2) is 6.32. The molecule has 0 aliphatic heterocycles. The number of H-pyrrole nitrogens is 1. The lowest BCUT2D eigenvalue weighted by atomic mass is 9.90. The van der Waals surface area contributed by atoms with E-state index in [4.69, 9.17) is 10.5 Å². The highest BCUT2D eigenvalue weighted by Crippen LogP contribution is 2.24. The maximum absolute atomic E-state index is 12.1. The fraction of sp³-hybridized carbons (Fsp3) is 0.412. The number of aromatic nitrogens is 2. The van der Waals surface area contributed by atoms with Gasteiger partial charge in [-0.3, -0.25) is 4.79 Å². The first-order chi connectivity index (χ1) is 10.3. The zero-order valence-corrected chi connectivity index (χ0v) is 13.5. The molecule has 3 N–H and O–H groups in total. The number of hydrogen-bond acceptors (Lipinski definition) is 4. The van der Waals surface area contributed by atoms with Crippen LogP contribution in [0.3, 0.4) is 0 Å². The lowest BCUT2D eigenvalue weighted by Gasteiger charge is -2.19. The predicted octanol–water partition coefficient (Wildman–Crippen LogP) is 2.51. The SMILES string of the molecule is CCOc1ccc(C(N)c2cc(C(C)(C)C)n[nH]c2=O)cc1. The standard InChI is InChI=1S/C17H23N3O2/c1-5-22-12-8-6-11(7-9-12)15(18)13-10-14(17(2,3)4)19-20-16(13)21/h6-10,15H,5,18H2,1-4H3,(H,20,21). The number of rotatable bonds is 4. The Bertz CT molecular complexity index is 684. The van der Waals surface area contributed by atoms with Gasteiger partial charge in [-0.25, -0.2) is 5.10 Å². The fourth-order valence-corrected chi connectivity index (χ4v) is 2.15. The molecule has 1 aromatic carbocycles. The van der Waals surface area contributed by atoms with E-state index in [1.165, 1.54) is 0 Å². The van der Waals surface area contributed by atoms with Crippen molar-refractivity contribution in [1.29, 1.82) is 0 Å². The molecule has 0 bridgehead atoms. The van der Waals surface area contributed by atoms with Crippen LogP contribution in [0.1, 0.15) is 50.6 Å². The van der Waals surface area contributed by atoms with Crippen LogP contribution in [-0.4, -0.2) is 16.8 Å². The van der Waals surface area contributed by atoms with Crippen molar-refractivity contribution >= 4 is 0 Å². The van der Waals surface area contributed by atoms with Gasteiger partial charge >= 0.3 is 0 Å². The number of nitrogens with one attached hydrogen (secondary N) is 1. The molecular weight excluding hydrogens is 278 g/mol. The van der Waals surface area contributed by atoms with E-state index < -0.39 is 6.04 Å². The van der Waals surface area contributed by atoms with E-state index in [-0.39, 0.29) is 11.0 Å². The molecule has 0 aliphatic rings. The highest BCUT2D eigenvalue weighted by atomic mass is 16.5. The number of hydrogen-bond donors (Lipinski definition) is 2. The van der Waals surface area contributed by atoms with Gasteiger partial charge in [0.05, 0.1) is 18.3 Å². The Morgan fingerprint density at radius 1 is 1.27 bits per heavy atom. The van der Waals surface area contributed by atoms with Gasteiger partial charge in [0.1, 0.15) is 5.75 Å². The molecule has 0 amide bonds. The van der Waals surface area contributed by atoms with Gasteiger partial charge in [0.2, 0.25) is 0 Å². The van der Waals surface area contributed by atoms with Crippen LogP contribution in [-0.2, 0) is 5.41 Å². The largest absolute Gasteiger partial charge is 0.494 e. The zero-order valence-electron chi connectivity index (χ0n) is 13.5. The average Bonchev–Trinajstić information content (AvgIpc) is 2.47. The van der Waals surface area contributed by atoms with Crippen molar-refractivity contribution < 1.29 is 4.74 Å². The van der Waals surface area contributed by atoms with Crippen LogP contribution < -0.4 is 16.0 Å². The summed E-state index contributed by atoms with van der Waals surface area (Å²) in [7, 11) is 0. The first-order valence-corrected chi connectivity index (χ1v) is 7.41. The van der Waals surface area contributed by atoms with Gasteiger partial charge in [-0.05, 0) is 30.7 Å². The van der Waals surface area contributed by atoms with E-state index in [9.17, 15) is 4.79 Å². The van der Waals surface area contributed by atoms with E-state index >= 15 is 0 Å². The molecule has 0 radical (unpaired) electrons. The third-order valence-corrected chi connectivity index (χ3v) is 3.49. The second-order valence-electron chi connectivity index (χ2n) is 6.27. The average molecular weight is 301 g/mol. The van der Waals surface area contributed by atoms with Gasteiger partial charge in [0.25, 0.3) is 5.56 Å². The molecule has 0 saturated heterocycles. The monoisotopic (exact) mass is 301 g/mol. The van der Waals surface area contributed by atoms with Gasteiger partial charge in [0.15, 0.2) is 0 Å². The summed E-state index contributed by atoms with van der Waals surface area (Å²) in [6, 6.07) is 8.78. The third-order valence-electron chi connectivity index (χ3n) is 3.49. The number of aromatic amines is 1. The molecule has 118 valence electrons. The van der Waals surface area contributed by atoms with Crippen LogP contribution in [0.4, 0.5) is 0 Å². The molecule has 0 spiro atoms. The van der Waals surface area contributed by atoms with Crippen molar-refractivity contribution in [1.82, 2.24) is 10.2 Å². The number of nitrogens with two attached hydrogens (primary N) is 1. The smallest absolute Gasteiger partial charge is 0.269 e. The van der Waals surface area contributed by atoms with Crippen molar-refractivity contribution in [2.24, 2.45) is 5.73 Å². The molecule has 22 heavy (non-hydrogen) atoms. The summed E-state index contributed by atoms with van der Waals surface area (Å²) < 4.78 is 5.42. The van der Waals surface area contributed by atoms with E-state index in [1.807, 2.05) is 52.0 Å². The quantitative estimate of drug-likeness (QED) is 0.909. The van der Waals surface area contributed by atoms with Crippen molar-refractivity contribution in [3.05, 3.63) is 57.5 Å². The van der Waals surface area contributed by atoms with Gasteiger partial charge in [-0.1, -0.05) is 32.9 Å². The number of ether oxygens (including phenoxy) is 1. The van der Waals surface area contributed by atoms with Gasteiger partial charge in [-0.2, -0.15) is 5.10 Å². The summed E-state index contributed by atoms with van der Waals surface area (Å²) in [4.78, 5) is 12.1. The Morgan fingerprint density at radius 2 is 1.91 bits per heavy atom. The van der Waals surface area contributed by atoms with Crippen LogP contribution in [0, 0.1) is 0 Å². The maximum Gasteiger partial charge on any atom is 0.269 e. The van der Waals surface area contributed by atoms with E-state index in [1.54, 1.807) is 6.07 Å². The Kier molecular flexibility index (Phi) is 4.66. The third kappa shape index (κ3) is 3.54. The lowest BCUT2D eigenvalue weighted by molar-refractivity contribution is 0.340. The van der Waals surface area contributed by atoms with Gasteiger partial charge in [0, 0.05) is 11.0 Å². The topological polar surface area (TPSA) is 81.0 Å². The maximum atomic E-state index is 12.1. The van der Waals surface area contributed by atoms with E-state index in [2.05, 4.69) is 10.2 Å². The second-order valence-corrected chi connectivity index (χ2v) is 6.27. The molecule has 2 aromatic rings. The summed E-state index contributed by atoms with van der Waals surface area (Å²) in [5.41, 5.74) is 8.04. The van der Waals surface area contributed by atoms with Crippen LogP contribution in [0.25, 0.3) is 0 Å².